The van der Waals surface area contributed by atoms with E-state index in [0.717, 1.165) is 13.1 Å². The average Bonchev–Trinajstić information content (AvgIpc) is 3.01. The molecule has 3 aromatic rings. The zero-order valence-corrected chi connectivity index (χ0v) is 11.3. The molecule has 0 aliphatic rings. The number of aryl methyl sites for hydroxylation is 1. The van der Waals surface area contributed by atoms with Crippen LogP contribution >= 0.6 is 0 Å². The molecule has 0 saturated carbocycles. The number of nitrogens with zero attached hydrogens (tertiary/aromatic N) is 5. The van der Waals surface area contributed by atoms with E-state index in [4.69, 9.17) is 5.73 Å². The Hall–Kier alpha value is -2.58. The van der Waals surface area contributed by atoms with Crippen LogP contribution in [-0.4, -0.2) is 25.1 Å². The van der Waals surface area contributed by atoms with Gasteiger partial charge in [-0.2, -0.15) is 5.10 Å². The third-order valence-corrected chi connectivity index (χ3v) is 3.22. The maximum atomic E-state index is 13.2. The third kappa shape index (κ3) is 2.30. The van der Waals surface area contributed by atoms with Crippen LogP contribution in [0.1, 0.15) is 23.7 Å². The minimum atomic E-state index is -2.93. The van der Waals surface area contributed by atoms with Crippen LogP contribution in [0.5, 0.6) is 0 Å². The van der Waals surface area contributed by atoms with Gasteiger partial charge in [0.2, 0.25) is 5.65 Å². The molecule has 0 bridgehead atoms. The zero-order valence-electron chi connectivity index (χ0n) is 11.3. The van der Waals surface area contributed by atoms with Gasteiger partial charge >= 0.3 is 0 Å². The lowest BCUT2D eigenvalue weighted by Crippen LogP contribution is -2.08. The van der Waals surface area contributed by atoms with Crippen molar-refractivity contribution in [2.45, 2.75) is 26.3 Å². The molecule has 0 aromatic carbocycles. The van der Waals surface area contributed by atoms with Crippen LogP contribution < -0.4 is 5.73 Å². The van der Waals surface area contributed by atoms with E-state index in [9.17, 15) is 8.78 Å². The van der Waals surface area contributed by atoms with Gasteiger partial charge in [-0.25, -0.2) is 18.4 Å². The van der Waals surface area contributed by atoms with E-state index < -0.39 is 5.92 Å². The molecule has 21 heavy (non-hydrogen) atoms. The highest BCUT2D eigenvalue weighted by molar-refractivity contribution is 5.85. The molecule has 0 fully saturated rings. The first kappa shape index (κ1) is 13.4. The summed E-state index contributed by atoms with van der Waals surface area (Å²) in [6.45, 7) is 2.78. The Morgan fingerprint density at radius 1 is 1.38 bits per heavy atom. The van der Waals surface area contributed by atoms with Crippen molar-refractivity contribution in [1.29, 1.82) is 0 Å². The van der Waals surface area contributed by atoms with Crippen molar-refractivity contribution in [3.8, 4) is 0 Å². The second kappa shape index (κ2) is 4.47. The topological polar surface area (TPSA) is 95.6 Å². The lowest BCUT2D eigenvalue weighted by Gasteiger charge is -2.09. The number of fused-ring (bicyclic) bond motifs is 1. The number of anilines is 1. The van der Waals surface area contributed by atoms with Gasteiger partial charge in [-0.15, -0.1) is 0 Å². The predicted molar refractivity (Wildman–Crippen MR) is 69.6 cm³/mol. The summed E-state index contributed by atoms with van der Waals surface area (Å²) in [7, 11) is 0. The summed E-state index contributed by atoms with van der Waals surface area (Å²) in [4.78, 5) is 4.21. The summed E-state index contributed by atoms with van der Waals surface area (Å²) >= 11 is 0. The number of hydrogen-bond acceptors (Lipinski definition) is 6. The Morgan fingerprint density at radius 3 is 2.81 bits per heavy atom. The van der Waals surface area contributed by atoms with Gasteiger partial charge in [-0.3, -0.25) is 4.68 Å². The molecule has 0 unspecified atom stereocenters. The molecule has 0 amide bonds. The number of rotatable bonds is 3. The van der Waals surface area contributed by atoms with Gasteiger partial charge in [-0.1, -0.05) is 0 Å². The Balaban J connectivity index is 2.00. The monoisotopic (exact) mass is 294 g/mol. The average molecular weight is 294 g/mol. The van der Waals surface area contributed by atoms with E-state index in [1.165, 1.54) is 10.9 Å². The predicted octanol–water partition coefficient (Wildman–Crippen LogP) is 1.86. The molecule has 3 aromatic heterocycles. The van der Waals surface area contributed by atoms with Crippen LogP contribution in [0.15, 0.2) is 17.0 Å². The van der Waals surface area contributed by atoms with Crippen molar-refractivity contribution in [3.63, 3.8) is 0 Å². The molecule has 3 heterocycles. The first-order valence-corrected chi connectivity index (χ1v) is 6.14. The van der Waals surface area contributed by atoms with Gasteiger partial charge in [-0.05, 0) is 17.2 Å². The second-order valence-electron chi connectivity index (χ2n) is 4.84. The lowest BCUT2D eigenvalue weighted by molar-refractivity contribution is 0.0174. The SMILES string of the molecule is Cc1nc2nonc2c(N)c1Cn1cc(C(C)(F)F)cn1. The number of aromatic nitrogens is 5. The molecular formula is C12H12F2N6O. The van der Waals surface area contributed by atoms with Crippen molar-refractivity contribution >= 4 is 16.9 Å². The Kier molecular flexibility index (Phi) is 2.85. The standard InChI is InChI=1S/C12H12F2N6O/c1-6-8(9(15)10-11(17-6)19-21-18-10)5-20-4-7(3-16-20)12(2,13)14/h3-4H,5,15H2,1-2H3. The van der Waals surface area contributed by atoms with Gasteiger partial charge in [0.1, 0.15) is 0 Å². The van der Waals surface area contributed by atoms with Crippen LogP contribution in [0.25, 0.3) is 11.2 Å². The largest absolute Gasteiger partial charge is 0.396 e. The fraction of sp³-hybridized carbons (Fsp3) is 0.333. The fourth-order valence-corrected chi connectivity index (χ4v) is 2.03. The molecule has 2 N–H and O–H groups in total. The maximum Gasteiger partial charge on any atom is 0.273 e. The van der Waals surface area contributed by atoms with Gasteiger partial charge in [0.05, 0.1) is 24.0 Å². The molecule has 3 rings (SSSR count). The molecule has 0 atom stereocenters. The summed E-state index contributed by atoms with van der Waals surface area (Å²) in [5.41, 5.74) is 8.15. The summed E-state index contributed by atoms with van der Waals surface area (Å²) in [6, 6.07) is 0. The van der Waals surface area contributed by atoms with Gasteiger partial charge < -0.3 is 5.73 Å². The highest BCUT2D eigenvalue weighted by atomic mass is 19.3. The van der Waals surface area contributed by atoms with Gasteiger partial charge in [0, 0.05) is 24.4 Å². The van der Waals surface area contributed by atoms with Crippen LogP contribution in [0.2, 0.25) is 0 Å². The summed E-state index contributed by atoms with van der Waals surface area (Å²) < 4.78 is 32.4. The Labute approximate surface area is 117 Å². The lowest BCUT2D eigenvalue weighted by atomic mass is 10.1. The third-order valence-electron chi connectivity index (χ3n) is 3.22. The number of pyridine rings is 1. The number of nitrogen functional groups attached to an aromatic ring is 1. The zero-order chi connectivity index (χ0) is 15.2. The number of hydrogen-bond donors (Lipinski definition) is 1. The Bertz CT molecular complexity index is 804. The van der Waals surface area contributed by atoms with Crippen LogP contribution in [0.3, 0.4) is 0 Å². The number of alkyl halides is 2. The molecule has 0 aliphatic carbocycles. The molecule has 0 aliphatic heterocycles. The van der Waals surface area contributed by atoms with E-state index >= 15 is 0 Å². The summed E-state index contributed by atoms with van der Waals surface area (Å²) in [5.74, 6) is -2.93. The normalized spacial score (nSPS) is 12.2. The fourth-order valence-electron chi connectivity index (χ4n) is 2.03. The van der Waals surface area contributed by atoms with Gasteiger partial charge in [0.15, 0.2) is 5.52 Å². The van der Waals surface area contributed by atoms with E-state index in [1.807, 2.05) is 0 Å². The van der Waals surface area contributed by atoms with Crippen molar-refractivity contribution in [3.05, 3.63) is 29.2 Å². The summed E-state index contributed by atoms with van der Waals surface area (Å²) in [5, 5.41) is 11.2. The van der Waals surface area contributed by atoms with Crippen molar-refractivity contribution in [2.24, 2.45) is 0 Å². The molecular weight excluding hydrogens is 282 g/mol. The van der Waals surface area contributed by atoms with Crippen molar-refractivity contribution in [1.82, 2.24) is 25.1 Å². The minimum Gasteiger partial charge on any atom is -0.396 e. The van der Waals surface area contributed by atoms with Gasteiger partial charge in [0.25, 0.3) is 5.92 Å². The highest BCUT2D eigenvalue weighted by Crippen LogP contribution is 2.27. The number of halogens is 2. The number of nitrogens with two attached hydrogens (primary N) is 1. The van der Waals surface area contributed by atoms with Crippen molar-refractivity contribution < 1.29 is 13.4 Å². The first-order chi connectivity index (χ1) is 9.86. The minimum absolute atomic E-state index is 0.157. The quantitative estimate of drug-likeness (QED) is 0.792. The van der Waals surface area contributed by atoms with Crippen molar-refractivity contribution in [2.75, 3.05) is 5.73 Å². The smallest absolute Gasteiger partial charge is 0.273 e. The van der Waals surface area contributed by atoms with E-state index in [0.29, 0.717) is 28.1 Å². The molecule has 7 nitrogen and oxygen atoms in total. The molecule has 110 valence electrons. The maximum absolute atomic E-state index is 13.2. The molecule has 0 saturated heterocycles. The van der Waals surface area contributed by atoms with Crippen LogP contribution in [0.4, 0.5) is 14.5 Å². The molecule has 0 radical (unpaired) electrons. The van der Waals surface area contributed by atoms with E-state index in [1.54, 1.807) is 6.92 Å². The van der Waals surface area contributed by atoms with E-state index in [2.05, 4.69) is 25.0 Å². The van der Waals surface area contributed by atoms with Crippen LogP contribution in [0, 0.1) is 6.92 Å². The second-order valence-corrected chi connectivity index (χ2v) is 4.84. The molecule has 0 spiro atoms. The molecule has 9 heteroatoms. The summed E-state index contributed by atoms with van der Waals surface area (Å²) in [6.07, 6.45) is 2.42. The highest BCUT2D eigenvalue weighted by Gasteiger charge is 2.26. The van der Waals surface area contributed by atoms with E-state index in [-0.39, 0.29) is 12.1 Å². The first-order valence-electron chi connectivity index (χ1n) is 6.14. The van der Waals surface area contributed by atoms with Crippen LogP contribution in [-0.2, 0) is 12.5 Å². The Morgan fingerprint density at radius 2 is 2.14 bits per heavy atom.